The number of benzene rings is 1. The van der Waals surface area contributed by atoms with E-state index in [0.29, 0.717) is 17.8 Å². The standard InChI is InChI=1S/C18H24N4OS2/c1-12-6-4-9-15(10-12)19-17-20-21-18(25-17)24-11-16(23)22-13(2)7-5-8-14(22)3/h4,6,9-10,13-14H,5,7-8,11H2,1-3H3,(H,19,20)/t13-,14-/m1/s1. The van der Waals surface area contributed by atoms with E-state index in [2.05, 4.69) is 48.4 Å². The van der Waals surface area contributed by atoms with Gasteiger partial charge in [-0.15, -0.1) is 10.2 Å². The predicted octanol–water partition coefficient (Wildman–Crippen LogP) is 4.47. The summed E-state index contributed by atoms with van der Waals surface area (Å²) in [6.45, 7) is 6.35. The molecular weight excluding hydrogens is 352 g/mol. The van der Waals surface area contributed by atoms with Gasteiger partial charge in [0.15, 0.2) is 4.34 Å². The number of nitrogens with zero attached hydrogens (tertiary/aromatic N) is 3. The molecule has 134 valence electrons. The Labute approximate surface area is 157 Å². The number of hydrogen-bond donors (Lipinski definition) is 1. The van der Waals surface area contributed by atoms with Crippen LogP contribution in [0.4, 0.5) is 10.8 Å². The van der Waals surface area contributed by atoms with Crippen LogP contribution in [0, 0.1) is 6.92 Å². The number of rotatable bonds is 5. The van der Waals surface area contributed by atoms with Crippen LogP contribution in [0.5, 0.6) is 0 Å². The van der Waals surface area contributed by atoms with Gasteiger partial charge in [-0.05, 0) is 57.7 Å². The van der Waals surface area contributed by atoms with Gasteiger partial charge in [-0.25, -0.2) is 0 Å². The number of hydrogen-bond acceptors (Lipinski definition) is 6. The van der Waals surface area contributed by atoms with Gasteiger partial charge in [-0.3, -0.25) is 4.79 Å². The number of likely N-dealkylation sites (tertiary alicyclic amines) is 1. The molecule has 2 heterocycles. The number of piperidine rings is 1. The van der Waals surface area contributed by atoms with Gasteiger partial charge in [0, 0.05) is 17.8 Å². The quantitative estimate of drug-likeness (QED) is 0.780. The van der Waals surface area contributed by atoms with Crippen LogP contribution in [-0.2, 0) is 4.79 Å². The average molecular weight is 377 g/mol. The molecule has 7 heteroatoms. The lowest BCUT2D eigenvalue weighted by atomic mass is 9.98. The molecule has 2 atom stereocenters. The fourth-order valence-electron chi connectivity index (χ4n) is 3.28. The van der Waals surface area contributed by atoms with E-state index in [1.807, 2.05) is 17.0 Å². The minimum absolute atomic E-state index is 0.202. The first-order chi connectivity index (χ1) is 12.0. The normalized spacial score (nSPS) is 20.5. The number of carbonyl (C=O) groups is 1. The summed E-state index contributed by atoms with van der Waals surface area (Å²) in [4.78, 5) is 14.6. The van der Waals surface area contributed by atoms with Gasteiger partial charge in [-0.2, -0.15) is 0 Å². The Bertz CT molecular complexity index is 723. The topological polar surface area (TPSA) is 58.1 Å². The molecule has 0 unspecified atom stereocenters. The summed E-state index contributed by atoms with van der Waals surface area (Å²) in [5.41, 5.74) is 2.19. The fourth-order valence-corrected chi connectivity index (χ4v) is 4.92. The SMILES string of the molecule is Cc1cccc(Nc2nnc(SCC(=O)N3[C@H](C)CCC[C@H]3C)s2)c1. The molecule has 2 aromatic rings. The lowest BCUT2D eigenvalue weighted by molar-refractivity contribution is -0.134. The lowest BCUT2D eigenvalue weighted by Gasteiger charge is -2.39. The second-order valence-corrected chi connectivity index (χ2v) is 8.79. The molecule has 1 aromatic heterocycles. The molecule has 0 bridgehead atoms. The van der Waals surface area contributed by atoms with E-state index < -0.39 is 0 Å². The Morgan fingerprint density at radius 1 is 1.32 bits per heavy atom. The van der Waals surface area contributed by atoms with Crippen LogP contribution < -0.4 is 5.32 Å². The molecule has 0 aliphatic carbocycles. The molecule has 1 amide bonds. The molecular formula is C18H24N4OS2. The van der Waals surface area contributed by atoms with Crippen molar-refractivity contribution >= 4 is 39.8 Å². The van der Waals surface area contributed by atoms with E-state index in [4.69, 9.17) is 0 Å². The molecule has 0 saturated carbocycles. The van der Waals surface area contributed by atoms with Crippen molar-refractivity contribution in [1.29, 1.82) is 0 Å². The van der Waals surface area contributed by atoms with Crippen LogP contribution in [0.1, 0.15) is 38.7 Å². The first-order valence-corrected chi connectivity index (χ1v) is 10.4. The van der Waals surface area contributed by atoms with Crippen molar-refractivity contribution in [3.05, 3.63) is 29.8 Å². The number of nitrogens with one attached hydrogen (secondary N) is 1. The molecule has 3 rings (SSSR count). The van der Waals surface area contributed by atoms with E-state index in [-0.39, 0.29) is 5.91 Å². The minimum atomic E-state index is 0.202. The summed E-state index contributed by atoms with van der Waals surface area (Å²) in [6.07, 6.45) is 3.41. The molecule has 0 radical (unpaired) electrons. The highest BCUT2D eigenvalue weighted by Crippen LogP contribution is 2.29. The predicted molar refractivity (Wildman–Crippen MR) is 105 cm³/mol. The summed E-state index contributed by atoms with van der Waals surface area (Å²) in [7, 11) is 0. The third kappa shape index (κ3) is 4.73. The average Bonchev–Trinajstić information content (AvgIpc) is 3.00. The second-order valence-electron chi connectivity index (χ2n) is 6.59. The third-order valence-electron chi connectivity index (χ3n) is 4.48. The zero-order valence-corrected chi connectivity index (χ0v) is 16.5. The summed E-state index contributed by atoms with van der Waals surface area (Å²) < 4.78 is 0.820. The molecule has 1 N–H and O–H groups in total. The van der Waals surface area contributed by atoms with E-state index in [1.165, 1.54) is 35.1 Å². The van der Waals surface area contributed by atoms with Gasteiger partial charge in [0.05, 0.1) is 5.75 Å². The molecule has 1 aliphatic rings. The summed E-state index contributed by atoms with van der Waals surface area (Å²) >= 11 is 2.96. The van der Waals surface area contributed by atoms with Gasteiger partial charge in [-0.1, -0.05) is 35.2 Å². The number of anilines is 2. The van der Waals surface area contributed by atoms with Crippen LogP contribution in [0.15, 0.2) is 28.6 Å². The largest absolute Gasteiger partial charge is 0.337 e. The van der Waals surface area contributed by atoms with Crippen molar-refractivity contribution in [1.82, 2.24) is 15.1 Å². The van der Waals surface area contributed by atoms with Crippen molar-refractivity contribution in [2.45, 2.75) is 56.5 Å². The minimum Gasteiger partial charge on any atom is -0.337 e. The zero-order valence-electron chi connectivity index (χ0n) is 14.9. The van der Waals surface area contributed by atoms with Crippen LogP contribution in [-0.4, -0.2) is 38.8 Å². The second kappa shape index (κ2) is 8.19. The molecule has 1 saturated heterocycles. The molecule has 0 spiro atoms. The van der Waals surface area contributed by atoms with Crippen molar-refractivity contribution in [2.75, 3.05) is 11.1 Å². The Balaban J connectivity index is 1.55. The summed E-state index contributed by atoms with van der Waals surface area (Å²) in [5.74, 6) is 0.626. The summed E-state index contributed by atoms with van der Waals surface area (Å²) in [5, 5.41) is 12.4. The Kier molecular flexibility index (Phi) is 5.96. The monoisotopic (exact) mass is 376 g/mol. The smallest absolute Gasteiger partial charge is 0.233 e. The van der Waals surface area contributed by atoms with Gasteiger partial charge >= 0.3 is 0 Å². The molecule has 1 fully saturated rings. The lowest BCUT2D eigenvalue weighted by Crippen LogP contribution is -2.48. The van der Waals surface area contributed by atoms with Gasteiger partial charge < -0.3 is 10.2 Å². The maximum Gasteiger partial charge on any atom is 0.233 e. The number of amides is 1. The number of aryl methyl sites for hydroxylation is 1. The highest BCUT2D eigenvalue weighted by Gasteiger charge is 2.28. The first-order valence-electron chi connectivity index (χ1n) is 8.64. The Hall–Kier alpha value is -1.60. The first kappa shape index (κ1) is 18.2. The van der Waals surface area contributed by atoms with Crippen LogP contribution in [0.3, 0.4) is 0 Å². The van der Waals surface area contributed by atoms with Crippen molar-refractivity contribution in [3.63, 3.8) is 0 Å². The fraction of sp³-hybridized carbons (Fsp3) is 0.500. The molecule has 1 aromatic carbocycles. The molecule has 5 nitrogen and oxygen atoms in total. The van der Waals surface area contributed by atoms with Gasteiger partial charge in [0.2, 0.25) is 11.0 Å². The number of carbonyl (C=O) groups excluding carboxylic acids is 1. The number of aromatic nitrogens is 2. The van der Waals surface area contributed by atoms with E-state index in [1.54, 1.807) is 0 Å². The third-order valence-corrected chi connectivity index (χ3v) is 6.43. The maximum atomic E-state index is 12.6. The summed E-state index contributed by atoms with van der Waals surface area (Å²) in [6, 6.07) is 8.81. The highest BCUT2D eigenvalue weighted by atomic mass is 32.2. The van der Waals surface area contributed by atoms with Crippen molar-refractivity contribution in [2.24, 2.45) is 0 Å². The van der Waals surface area contributed by atoms with Crippen LogP contribution in [0.25, 0.3) is 0 Å². The van der Waals surface area contributed by atoms with E-state index >= 15 is 0 Å². The van der Waals surface area contributed by atoms with Crippen molar-refractivity contribution in [3.8, 4) is 0 Å². The Morgan fingerprint density at radius 3 is 2.80 bits per heavy atom. The Morgan fingerprint density at radius 2 is 2.08 bits per heavy atom. The van der Waals surface area contributed by atoms with Gasteiger partial charge in [0.25, 0.3) is 0 Å². The van der Waals surface area contributed by atoms with Crippen LogP contribution >= 0.6 is 23.1 Å². The zero-order chi connectivity index (χ0) is 17.8. The number of thioether (sulfide) groups is 1. The maximum absolute atomic E-state index is 12.6. The highest BCUT2D eigenvalue weighted by molar-refractivity contribution is 8.01. The van der Waals surface area contributed by atoms with E-state index in [9.17, 15) is 4.79 Å². The van der Waals surface area contributed by atoms with Crippen LogP contribution in [0.2, 0.25) is 0 Å². The van der Waals surface area contributed by atoms with E-state index in [0.717, 1.165) is 28.0 Å². The molecule has 25 heavy (non-hydrogen) atoms. The molecule has 1 aliphatic heterocycles. The van der Waals surface area contributed by atoms with Crippen molar-refractivity contribution < 1.29 is 4.79 Å². The van der Waals surface area contributed by atoms with Gasteiger partial charge in [0.1, 0.15) is 0 Å².